The number of nitrogens with zero attached hydrogens (tertiary/aromatic N) is 2. The number of rotatable bonds is 1. The summed E-state index contributed by atoms with van der Waals surface area (Å²) in [6.45, 7) is 8.69. The predicted molar refractivity (Wildman–Crippen MR) is 51.5 cm³/mol. The average molecular weight is 169 g/mol. The highest BCUT2D eigenvalue weighted by Gasteiger charge is 2.31. The predicted octanol–water partition coefficient (Wildman–Crippen LogP) is 1.60. The molecule has 1 aliphatic rings. The zero-order valence-electron chi connectivity index (χ0n) is 8.41. The Bertz CT molecular complexity index is 184. The lowest BCUT2D eigenvalue weighted by Crippen LogP contribution is -2.49. The molecule has 1 unspecified atom stereocenters. The summed E-state index contributed by atoms with van der Waals surface area (Å²) >= 11 is 0. The maximum Gasteiger partial charge on any atom is 0.0698 e. The van der Waals surface area contributed by atoms with Crippen LogP contribution in [0.15, 0.2) is 5.10 Å². The second-order valence-corrected chi connectivity index (χ2v) is 4.53. The molecule has 0 fully saturated rings. The van der Waals surface area contributed by atoms with Crippen LogP contribution in [0.3, 0.4) is 0 Å². The van der Waals surface area contributed by atoms with E-state index in [1.54, 1.807) is 5.12 Å². The molecule has 0 saturated carbocycles. The molecule has 3 nitrogen and oxygen atoms in total. The fourth-order valence-corrected chi connectivity index (χ4v) is 1.44. The van der Waals surface area contributed by atoms with Gasteiger partial charge in [0.05, 0.1) is 5.54 Å². The van der Waals surface area contributed by atoms with Gasteiger partial charge in [-0.15, -0.1) is 0 Å². The minimum absolute atomic E-state index is 0.00366. The molecular formula is C9H19N3. The molecule has 1 aliphatic heterocycles. The van der Waals surface area contributed by atoms with E-state index in [0.29, 0.717) is 11.8 Å². The van der Waals surface area contributed by atoms with E-state index < -0.39 is 0 Å². The highest BCUT2D eigenvalue weighted by atomic mass is 15.7. The van der Waals surface area contributed by atoms with Gasteiger partial charge in [0.15, 0.2) is 0 Å². The molecule has 0 radical (unpaired) electrons. The average Bonchev–Trinajstić information content (AvgIpc) is 1.94. The van der Waals surface area contributed by atoms with Gasteiger partial charge in [-0.1, -0.05) is 13.8 Å². The van der Waals surface area contributed by atoms with Crippen molar-refractivity contribution >= 4 is 6.21 Å². The second kappa shape index (κ2) is 3.05. The second-order valence-electron chi connectivity index (χ2n) is 4.53. The first-order valence-electron chi connectivity index (χ1n) is 4.52. The first-order valence-corrected chi connectivity index (χ1v) is 4.52. The quantitative estimate of drug-likeness (QED) is 0.606. The number of hydrogen-bond acceptors (Lipinski definition) is 3. The normalized spacial score (nSPS) is 28.2. The zero-order valence-corrected chi connectivity index (χ0v) is 8.41. The van der Waals surface area contributed by atoms with Crippen LogP contribution in [0.5, 0.6) is 0 Å². The van der Waals surface area contributed by atoms with Crippen molar-refractivity contribution in [3.63, 3.8) is 0 Å². The highest BCUT2D eigenvalue weighted by Crippen LogP contribution is 2.28. The van der Waals surface area contributed by atoms with Gasteiger partial charge in [0.25, 0.3) is 0 Å². The van der Waals surface area contributed by atoms with Crippen molar-refractivity contribution in [2.24, 2.45) is 22.8 Å². The van der Waals surface area contributed by atoms with Crippen LogP contribution in [0.25, 0.3) is 0 Å². The van der Waals surface area contributed by atoms with Crippen LogP contribution in [-0.4, -0.2) is 16.9 Å². The molecule has 0 aromatic heterocycles. The van der Waals surface area contributed by atoms with Crippen molar-refractivity contribution in [1.29, 1.82) is 0 Å². The summed E-state index contributed by atoms with van der Waals surface area (Å²) in [5.74, 6) is 6.93. The molecule has 0 aromatic rings. The van der Waals surface area contributed by atoms with Crippen molar-refractivity contribution in [3.05, 3.63) is 0 Å². The largest absolute Gasteiger partial charge is 0.231 e. The van der Waals surface area contributed by atoms with Crippen molar-refractivity contribution < 1.29 is 0 Å². The molecule has 0 aliphatic carbocycles. The molecule has 1 atom stereocenters. The Kier molecular flexibility index (Phi) is 2.42. The van der Waals surface area contributed by atoms with Crippen LogP contribution >= 0.6 is 0 Å². The molecule has 0 amide bonds. The van der Waals surface area contributed by atoms with E-state index in [4.69, 9.17) is 5.84 Å². The minimum Gasteiger partial charge on any atom is -0.231 e. The first-order chi connectivity index (χ1) is 5.43. The van der Waals surface area contributed by atoms with Gasteiger partial charge in [-0.3, -0.25) is 0 Å². The van der Waals surface area contributed by atoms with Crippen molar-refractivity contribution in [2.75, 3.05) is 0 Å². The van der Waals surface area contributed by atoms with Gasteiger partial charge in [-0.25, -0.2) is 11.0 Å². The monoisotopic (exact) mass is 169 g/mol. The van der Waals surface area contributed by atoms with Crippen LogP contribution in [0, 0.1) is 11.8 Å². The lowest BCUT2D eigenvalue weighted by atomic mass is 9.83. The Morgan fingerprint density at radius 1 is 1.58 bits per heavy atom. The Hall–Kier alpha value is -0.570. The van der Waals surface area contributed by atoms with Gasteiger partial charge in [-0.05, 0) is 26.2 Å². The Balaban J connectivity index is 2.72. The summed E-state index contributed by atoms with van der Waals surface area (Å²) in [6.07, 6.45) is 3.06. The summed E-state index contributed by atoms with van der Waals surface area (Å²) in [5, 5.41) is 5.73. The van der Waals surface area contributed by atoms with Crippen LogP contribution in [0.4, 0.5) is 0 Å². The topological polar surface area (TPSA) is 41.6 Å². The van der Waals surface area contributed by atoms with Crippen molar-refractivity contribution in [2.45, 2.75) is 39.7 Å². The van der Waals surface area contributed by atoms with Crippen molar-refractivity contribution in [1.82, 2.24) is 5.12 Å². The summed E-state index contributed by atoms with van der Waals surface area (Å²) < 4.78 is 0. The van der Waals surface area contributed by atoms with Crippen LogP contribution in [-0.2, 0) is 0 Å². The highest BCUT2D eigenvalue weighted by molar-refractivity contribution is 5.61. The molecule has 70 valence electrons. The first kappa shape index (κ1) is 9.52. The summed E-state index contributed by atoms with van der Waals surface area (Å²) in [7, 11) is 0. The van der Waals surface area contributed by atoms with E-state index >= 15 is 0 Å². The zero-order chi connectivity index (χ0) is 9.35. The van der Waals surface area contributed by atoms with E-state index in [0.717, 1.165) is 6.42 Å². The smallest absolute Gasteiger partial charge is 0.0698 e. The Morgan fingerprint density at radius 2 is 2.17 bits per heavy atom. The molecule has 0 aromatic carbocycles. The standard InChI is InChI=1S/C9H19N3/c1-7(2)8-5-9(3,4)12(10)11-6-8/h6-8H,5,10H2,1-4H3. The SMILES string of the molecule is CC(C)C1C=NN(N)C(C)(C)C1. The van der Waals surface area contributed by atoms with E-state index in [1.165, 1.54) is 0 Å². The van der Waals surface area contributed by atoms with E-state index in [-0.39, 0.29) is 5.54 Å². The van der Waals surface area contributed by atoms with Gasteiger partial charge in [0.1, 0.15) is 0 Å². The minimum atomic E-state index is 0.00366. The van der Waals surface area contributed by atoms with E-state index in [2.05, 4.69) is 32.8 Å². The summed E-state index contributed by atoms with van der Waals surface area (Å²) in [6, 6.07) is 0. The molecule has 0 saturated heterocycles. The molecule has 3 heteroatoms. The van der Waals surface area contributed by atoms with Gasteiger partial charge in [0, 0.05) is 12.1 Å². The number of hydrazine groups is 1. The number of hydrazone groups is 1. The maximum absolute atomic E-state index is 5.71. The Labute approximate surface area is 74.6 Å². The third kappa shape index (κ3) is 1.78. The van der Waals surface area contributed by atoms with Crippen LogP contribution in [0.1, 0.15) is 34.1 Å². The van der Waals surface area contributed by atoms with Gasteiger partial charge in [-0.2, -0.15) is 5.10 Å². The molecular weight excluding hydrogens is 150 g/mol. The fraction of sp³-hybridized carbons (Fsp3) is 0.889. The van der Waals surface area contributed by atoms with Gasteiger partial charge >= 0.3 is 0 Å². The molecule has 12 heavy (non-hydrogen) atoms. The fourth-order valence-electron chi connectivity index (χ4n) is 1.44. The molecule has 1 rings (SSSR count). The van der Waals surface area contributed by atoms with E-state index in [9.17, 15) is 0 Å². The maximum atomic E-state index is 5.71. The van der Waals surface area contributed by atoms with Crippen molar-refractivity contribution in [3.8, 4) is 0 Å². The molecule has 0 bridgehead atoms. The Morgan fingerprint density at radius 3 is 2.58 bits per heavy atom. The molecule has 2 N–H and O–H groups in total. The van der Waals surface area contributed by atoms with E-state index in [1.807, 2.05) is 6.21 Å². The third-order valence-corrected chi connectivity index (χ3v) is 2.59. The van der Waals surface area contributed by atoms with Gasteiger partial charge in [0.2, 0.25) is 0 Å². The number of nitrogens with two attached hydrogens (primary N) is 1. The lowest BCUT2D eigenvalue weighted by molar-refractivity contribution is 0.0865. The van der Waals surface area contributed by atoms with Crippen LogP contribution in [0.2, 0.25) is 0 Å². The molecule has 0 spiro atoms. The summed E-state index contributed by atoms with van der Waals surface area (Å²) in [4.78, 5) is 0. The van der Waals surface area contributed by atoms with Crippen LogP contribution < -0.4 is 5.84 Å². The number of hydrogen-bond donors (Lipinski definition) is 1. The third-order valence-electron chi connectivity index (χ3n) is 2.59. The summed E-state index contributed by atoms with van der Waals surface area (Å²) in [5.41, 5.74) is 0.00366. The van der Waals surface area contributed by atoms with Gasteiger partial charge < -0.3 is 0 Å². The molecule has 1 heterocycles. The lowest BCUT2D eigenvalue weighted by Gasteiger charge is -2.39.